The fraction of sp³-hybridized carbons (Fsp3) is 0.600. The molecule has 3 unspecified atom stereocenters. The second-order valence-electron chi connectivity index (χ2n) is 7.49. The van der Waals surface area contributed by atoms with Crippen LogP contribution >= 0.6 is 0 Å². The standard InChI is InChI=1S/C20H28O5/c1-5-6-13-10-16(24-4)18-14-9-12(2)7-8-15(14)19(3,20(21,22)23)25-17(18)11-13/h9-11,14-15,21-23H,5-8H2,1-4H3. The highest BCUT2D eigenvalue weighted by Crippen LogP contribution is 2.55. The molecule has 5 heteroatoms. The third-order valence-corrected chi connectivity index (χ3v) is 5.70. The van der Waals surface area contributed by atoms with Crippen molar-refractivity contribution in [1.29, 1.82) is 0 Å². The van der Waals surface area contributed by atoms with Crippen molar-refractivity contribution < 1.29 is 24.8 Å². The second kappa shape index (κ2) is 6.31. The second-order valence-corrected chi connectivity index (χ2v) is 7.49. The zero-order chi connectivity index (χ0) is 18.4. The number of methoxy groups -OCH3 is 1. The summed E-state index contributed by atoms with van der Waals surface area (Å²) in [7, 11) is 1.64. The van der Waals surface area contributed by atoms with E-state index in [1.165, 1.54) is 5.57 Å². The zero-order valence-electron chi connectivity index (χ0n) is 15.4. The molecule has 0 amide bonds. The third-order valence-electron chi connectivity index (χ3n) is 5.70. The maximum atomic E-state index is 10.1. The first-order valence-corrected chi connectivity index (χ1v) is 8.95. The van der Waals surface area contributed by atoms with Crippen LogP contribution in [0.5, 0.6) is 11.5 Å². The summed E-state index contributed by atoms with van der Waals surface area (Å²) in [5.41, 5.74) is 1.72. The summed E-state index contributed by atoms with van der Waals surface area (Å²) in [6, 6.07) is 3.96. The van der Waals surface area contributed by atoms with Gasteiger partial charge in [0.15, 0.2) is 5.60 Å². The molecule has 0 aromatic heterocycles. The molecule has 1 aliphatic heterocycles. The lowest BCUT2D eigenvalue weighted by molar-refractivity contribution is -0.393. The van der Waals surface area contributed by atoms with Gasteiger partial charge in [0.1, 0.15) is 11.5 Å². The van der Waals surface area contributed by atoms with Crippen molar-refractivity contribution in [3.63, 3.8) is 0 Å². The first kappa shape index (κ1) is 18.2. The number of allylic oxidation sites excluding steroid dienone is 2. The van der Waals surface area contributed by atoms with Gasteiger partial charge in [0.05, 0.1) is 7.11 Å². The number of rotatable bonds is 4. The minimum atomic E-state index is -2.93. The minimum absolute atomic E-state index is 0.0982. The molecule has 0 bridgehead atoms. The van der Waals surface area contributed by atoms with Gasteiger partial charge in [-0.3, -0.25) is 0 Å². The molecule has 5 nitrogen and oxygen atoms in total. The maximum absolute atomic E-state index is 10.1. The van der Waals surface area contributed by atoms with Gasteiger partial charge in [-0.1, -0.05) is 25.0 Å². The Morgan fingerprint density at radius 1 is 1.32 bits per heavy atom. The summed E-state index contributed by atoms with van der Waals surface area (Å²) in [5.74, 6) is -1.99. The van der Waals surface area contributed by atoms with E-state index in [-0.39, 0.29) is 11.8 Å². The fourth-order valence-corrected chi connectivity index (χ4v) is 4.26. The van der Waals surface area contributed by atoms with Crippen LogP contribution < -0.4 is 9.47 Å². The number of hydrogen-bond donors (Lipinski definition) is 3. The molecule has 1 aromatic carbocycles. The number of aliphatic hydroxyl groups is 3. The fourth-order valence-electron chi connectivity index (χ4n) is 4.26. The number of ether oxygens (including phenoxy) is 2. The van der Waals surface area contributed by atoms with Gasteiger partial charge in [0.2, 0.25) is 0 Å². The number of aryl methyl sites for hydroxylation is 1. The van der Waals surface area contributed by atoms with Crippen molar-refractivity contribution >= 4 is 0 Å². The molecule has 25 heavy (non-hydrogen) atoms. The summed E-state index contributed by atoms with van der Waals surface area (Å²) < 4.78 is 11.7. The van der Waals surface area contributed by atoms with Crippen molar-refractivity contribution in [1.82, 2.24) is 0 Å². The van der Waals surface area contributed by atoms with Gasteiger partial charge in [-0.15, -0.1) is 0 Å². The van der Waals surface area contributed by atoms with Crippen LogP contribution in [0.2, 0.25) is 0 Å². The number of hydrogen-bond acceptors (Lipinski definition) is 5. The van der Waals surface area contributed by atoms with Crippen LogP contribution in [0.1, 0.15) is 57.1 Å². The Balaban J connectivity index is 2.22. The Labute approximate surface area is 148 Å². The highest BCUT2D eigenvalue weighted by molar-refractivity contribution is 5.54. The SMILES string of the molecule is CCCc1cc(OC)c2c(c1)OC(C)(C(O)(O)O)C1CCC(C)=CC21. The van der Waals surface area contributed by atoms with Crippen LogP contribution in [0.25, 0.3) is 0 Å². The highest BCUT2D eigenvalue weighted by Gasteiger charge is 2.59. The van der Waals surface area contributed by atoms with E-state index < -0.39 is 11.6 Å². The van der Waals surface area contributed by atoms with E-state index in [9.17, 15) is 15.3 Å². The van der Waals surface area contributed by atoms with Crippen LogP contribution in [0.3, 0.4) is 0 Å². The van der Waals surface area contributed by atoms with Crippen LogP contribution in [-0.4, -0.2) is 34.0 Å². The third kappa shape index (κ3) is 2.94. The molecular formula is C20H28O5. The quantitative estimate of drug-likeness (QED) is 0.576. The summed E-state index contributed by atoms with van der Waals surface area (Å²) in [6.07, 6.45) is 5.53. The Kier molecular flexibility index (Phi) is 4.60. The van der Waals surface area contributed by atoms with Crippen LogP contribution in [0, 0.1) is 5.92 Å². The molecule has 3 N–H and O–H groups in total. The van der Waals surface area contributed by atoms with E-state index in [0.29, 0.717) is 12.2 Å². The molecule has 3 atom stereocenters. The molecular weight excluding hydrogens is 320 g/mol. The van der Waals surface area contributed by atoms with Gasteiger partial charge in [0, 0.05) is 17.4 Å². The molecule has 1 aromatic rings. The topological polar surface area (TPSA) is 79.2 Å². The van der Waals surface area contributed by atoms with Crippen molar-refractivity contribution in [3.8, 4) is 11.5 Å². The Morgan fingerprint density at radius 2 is 2.04 bits per heavy atom. The molecule has 138 valence electrons. The average molecular weight is 348 g/mol. The molecule has 0 saturated carbocycles. The summed E-state index contributed by atoms with van der Waals surface area (Å²) >= 11 is 0. The molecule has 3 rings (SSSR count). The highest BCUT2D eigenvalue weighted by atomic mass is 16.7. The molecule has 0 fully saturated rings. The molecule has 1 heterocycles. The van der Waals surface area contributed by atoms with E-state index in [0.717, 1.165) is 36.1 Å². The zero-order valence-corrected chi connectivity index (χ0v) is 15.4. The summed E-state index contributed by atoms with van der Waals surface area (Å²) in [4.78, 5) is 0. The first-order chi connectivity index (χ1) is 11.7. The Morgan fingerprint density at radius 3 is 2.64 bits per heavy atom. The van der Waals surface area contributed by atoms with Gasteiger partial charge < -0.3 is 24.8 Å². The molecule has 0 spiro atoms. The summed E-state index contributed by atoms with van der Waals surface area (Å²) in [5, 5.41) is 30.2. The van der Waals surface area contributed by atoms with E-state index in [2.05, 4.69) is 19.9 Å². The van der Waals surface area contributed by atoms with Gasteiger partial charge >= 0.3 is 5.97 Å². The van der Waals surface area contributed by atoms with E-state index in [1.54, 1.807) is 14.0 Å². The van der Waals surface area contributed by atoms with Gasteiger partial charge in [-0.2, -0.15) is 0 Å². The van der Waals surface area contributed by atoms with Gasteiger partial charge in [-0.05, 0) is 50.8 Å². The monoisotopic (exact) mass is 348 g/mol. The molecule has 2 aliphatic rings. The van der Waals surface area contributed by atoms with Crippen molar-refractivity contribution in [2.75, 3.05) is 7.11 Å². The average Bonchev–Trinajstić information content (AvgIpc) is 2.53. The predicted octanol–water partition coefficient (Wildman–Crippen LogP) is 2.87. The van der Waals surface area contributed by atoms with E-state index >= 15 is 0 Å². The van der Waals surface area contributed by atoms with Crippen LogP contribution in [0.4, 0.5) is 0 Å². The van der Waals surface area contributed by atoms with E-state index in [4.69, 9.17) is 9.47 Å². The van der Waals surface area contributed by atoms with Crippen molar-refractivity contribution in [2.45, 2.75) is 63.9 Å². The normalized spacial score (nSPS) is 28.5. The predicted molar refractivity (Wildman–Crippen MR) is 94.6 cm³/mol. The minimum Gasteiger partial charge on any atom is -0.496 e. The Hall–Kier alpha value is -1.56. The lowest BCUT2D eigenvalue weighted by Crippen LogP contribution is -2.63. The van der Waals surface area contributed by atoms with Crippen molar-refractivity contribution in [3.05, 3.63) is 34.9 Å². The maximum Gasteiger partial charge on any atom is 0.317 e. The smallest absolute Gasteiger partial charge is 0.317 e. The van der Waals surface area contributed by atoms with Gasteiger partial charge in [0.25, 0.3) is 0 Å². The largest absolute Gasteiger partial charge is 0.496 e. The lowest BCUT2D eigenvalue weighted by Gasteiger charge is -2.50. The number of benzene rings is 1. The molecule has 1 aliphatic carbocycles. The van der Waals surface area contributed by atoms with Gasteiger partial charge in [-0.25, -0.2) is 0 Å². The van der Waals surface area contributed by atoms with E-state index in [1.807, 2.05) is 12.1 Å². The summed E-state index contributed by atoms with van der Waals surface area (Å²) in [6.45, 7) is 5.74. The molecule has 0 saturated heterocycles. The van der Waals surface area contributed by atoms with Crippen molar-refractivity contribution in [2.24, 2.45) is 5.92 Å². The molecule has 0 radical (unpaired) electrons. The van der Waals surface area contributed by atoms with Crippen LogP contribution in [0.15, 0.2) is 23.8 Å². The lowest BCUT2D eigenvalue weighted by atomic mass is 9.66. The van der Waals surface area contributed by atoms with Crippen LogP contribution in [-0.2, 0) is 6.42 Å². The first-order valence-electron chi connectivity index (χ1n) is 8.95. The Bertz CT molecular complexity index is 688. The number of fused-ring (bicyclic) bond motifs is 3.